The Morgan fingerprint density at radius 3 is 2.96 bits per heavy atom. The van der Waals surface area contributed by atoms with Crippen LogP contribution in [0, 0.1) is 11.8 Å². The molecule has 1 aromatic heterocycles. The summed E-state index contributed by atoms with van der Waals surface area (Å²) in [4.78, 5) is 21.7. The molecule has 3 atom stereocenters. The normalized spacial score (nSPS) is 29.4. The third kappa shape index (κ3) is 3.23. The first kappa shape index (κ1) is 18.1. The van der Waals surface area contributed by atoms with Crippen LogP contribution in [0.15, 0.2) is 33.8 Å². The number of rotatable bonds is 4. The molecule has 5 rings (SSSR count). The number of ether oxygens (including phenoxy) is 1. The van der Waals surface area contributed by atoms with Crippen molar-refractivity contribution in [2.75, 3.05) is 33.0 Å². The van der Waals surface area contributed by atoms with E-state index in [2.05, 4.69) is 45.5 Å². The molecule has 0 aromatic carbocycles. The number of aliphatic imine (C=N–C) groups is 1. The zero-order valence-electron chi connectivity index (χ0n) is 16.1. The average molecular weight is 402 g/mol. The summed E-state index contributed by atoms with van der Waals surface area (Å²) < 4.78 is 5.47. The number of nitrogens with one attached hydrogen (secondary N) is 2. The van der Waals surface area contributed by atoms with Gasteiger partial charge in [0.25, 0.3) is 0 Å². The van der Waals surface area contributed by atoms with Gasteiger partial charge in [0.1, 0.15) is 12.5 Å². The van der Waals surface area contributed by atoms with E-state index in [4.69, 9.17) is 9.73 Å². The minimum Gasteiger partial charge on any atom is -0.381 e. The van der Waals surface area contributed by atoms with Gasteiger partial charge in [0, 0.05) is 37.9 Å². The van der Waals surface area contributed by atoms with Gasteiger partial charge in [-0.05, 0) is 53.6 Å². The number of hydrogen-bond donors (Lipinski definition) is 2. The average Bonchev–Trinajstić information content (AvgIpc) is 3.48. The lowest BCUT2D eigenvalue weighted by Gasteiger charge is -2.33. The van der Waals surface area contributed by atoms with Crippen molar-refractivity contribution >= 4 is 23.2 Å². The summed E-state index contributed by atoms with van der Waals surface area (Å²) in [7, 11) is 0. The number of thiophene rings is 1. The van der Waals surface area contributed by atoms with Crippen molar-refractivity contribution in [3.8, 4) is 0 Å². The molecule has 0 radical (unpaired) electrons. The number of urea groups is 1. The molecular weight excluding hydrogens is 374 g/mol. The number of nitrogens with zero attached hydrogens (tertiary/aromatic N) is 3. The molecule has 5 heterocycles. The van der Waals surface area contributed by atoms with Crippen LogP contribution >= 0.6 is 11.3 Å². The zero-order chi connectivity index (χ0) is 19.1. The van der Waals surface area contributed by atoms with Crippen LogP contribution < -0.4 is 10.6 Å². The van der Waals surface area contributed by atoms with E-state index in [9.17, 15) is 4.79 Å². The maximum Gasteiger partial charge on any atom is 0.329 e. The van der Waals surface area contributed by atoms with Crippen LogP contribution in [-0.2, 0) is 4.74 Å². The molecular formula is C20H27N5O2S. The van der Waals surface area contributed by atoms with Crippen molar-refractivity contribution in [3.63, 3.8) is 0 Å². The minimum absolute atomic E-state index is 0.0559. The van der Waals surface area contributed by atoms with E-state index in [1.54, 1.807) is 16.2 Å². The van der Waals surface area contributed by atoms with Crippen molar-refractivity contribution in [2.24, 2.45) is 16.8 Å². The third-order valence-corrected chi connectivity index (χ3v) is 7.26. The zero-order valence-corrected chi connectivity index (χ0v) is 17.0. The molecule has 0 aliphatic carbocycles. The second-order valence-electron chi connectivity index (χ2n) is 8.12. The Balaban J connectivity index is 1.37. The molecule has 2 fully saturated rings. The van der Waals surface area contributed by atoms with Gasteiger partial charge in [-0.25, -0.2) is 9.79 Å². The fraction of sp³-hybridized carbons (Fsp3) is 0.600. The highest BCUT2D eigenvalue weighted by molar-refractivity contribution is 7.08. The van der Waals surface area contributed by atoms with E-state index in [1.807, 2.05) is 0 Å². The summed E-state index contributed by atoms with van der Waals surface area (Å²) in [6.07, 6.45) is 4.07. The summed E-state index contributed by atoms with van der Waals surface area (Å²) in [5, 5.41) is 11.0. The maximum atomic E-state index is 12.8. The number of amidine groups is 1. The lowest BCUT2D eigenvalue weighted by atomic mass is 9.81. The van der Waals surface area contributed by atoms with E-state index >= 15 is 0 Å². The molecule has 8 heteroatoms. The highest BCUT2D eigenvalue weighted by Gasteiger charge is 2.41. The minimum atomic E-state index is -0.0559. The molecule has 0 bridgehead atoms. The monoisotopic (exact) mass is 401 g/mol. The molecule has 2 N–H and O–H groups in total. The first-order valence-corrected chi connectivity index (χ1v) is 11.1. The lowest BCUT2D eigenvalue weighted by molar-refractivity contribution is 0.0459. The van der Waals surface area contributed by atoms with Crippen LogP contribution in [-0.4, -0.2) is 60.7 Å². The van der Waals surface area contributed by atoms with Gasteiger partial charge in [0.05, 0.1) is 0 Å². The lowest BCUT2D eigenvalue weighted by Crippen LogP contribution is -2.50. The van der Waals surface area contributed by atoms with E-state index < -0.39 is 0 Å². The molecule has 2 saturated heterocycles. The van der Waals surface area contributed by atoms with Crippen molar-refractivity contribution in [1.29, 1.82) is 0 Å². The number of carbonyl (C=O) groups is 1. The molecule has 28 heavy (non-hydrogen) atoms. The topological polar surface area (TPSA) is 69.2 Å². The van der Waals surface area contributed by atoms with Gasteiger partial charge >= 0.3 is 6.03 Å². The fourth-order valence-electron chi connectivity index (χ4n) is 4.80. The Morgan fingerprint density at radius 2 is 2.18 bits per heavy atom. The quantitative estimate of drug-likeness (QED) is 0.813. The Bertz CT molecular complexity index is 787. The molecule has 7 nitrogen and oxygen atoms in total. The van der Waals surface area contributed by atoms with E-state index in [-0.39, 0.29) is 11.9 Å². The molecule has 4 aliphatic rings. The van der Waals surface area contributed by atoms with Gasteiger partial charge in [-0.2, -0.15) is 11.3 Å². The van der Waals surface area contributed by atoms with E-state index in [1.165, 1.54) is 5.56 Å². The van der Waals surface area contributed by atoms with E-state index in [0.717, 1.165) is 50.8 Å². The SMILES string of the molecule is CC(c1ccsc1)C1CNCC1C1=NC2=CN(C3CCOCC3)CN2C(=O)N1. The summed E-state index contributed by atoms with van der Waals surface area (Å²) in [6.45, 7) is 6.26. The summed E-state index contributed by atoms with van der Waals surface area (Å²) >= 11 is 1.74. The molecule has 3 unspecified atom stereocenters. The number of amides is 2. The van der Waals surface area contributed by atoms with Crippen LogP contribution in [0.3, 0.4) is 0 Å². The van der Waals surface area contributed by atoms with Crippen LogP contribution in [0.4, 0.5) is 4.79 Å². The predicted octanol–water partition coefficient (Wildman–Crippen LogP) is 2.36. The predicted molar refractivity (Wildman–Crippen MR) is 109 cm³/mol. The second-order valence-corrected chi connectivity index (χ2v) is 8.90. The van der Waals surface area contributed by atoms with Gasteiger partial charge in [-0.1, -0.05) is 6.92 Å². The van der Waals surface area contributed by atoms with Gasteiger partial charge in [0.15, 0.2) is 5.82 Å². The van der Waals surface area contributed by atoms with E-state index in [0.29, 0.717) is 24.5 Å². The Hall–Kier alpha value is -1.90. The molecule has 4 aliphatic heterocycles. The van der Waals surface area contributed by atoms with Crippen molar-refractivity contribution in [2.45, 2.75) is 31.7 Å². The van der Waals surface area contributed by atoms with Crippen LogP contribution in [0.1, 0.15) is 31.2 Å². The Kier molecular flexibility index (Phi) is 4.86. The third-order valence-electron chi connectivity index (χ3n) is 6.56. The van der Waals surface area contributed by atoms with Crippen molar-refractivity contribution < 1.29 is 9.53 Å². The summed E-state index contributed by atoms with van der Waals surface area (Å²) in [5.41, 5.74) is 1.37. The smallest absolute Gasteiger partial charge is 0.329 e. The van der Waals surface area contributed by atoms with Crippen LogP contribution in [0.2, 0.25) is 0 Å². The molecule has 2 amide bonds. The van der Waals surface area contributed by atoms with Crippen molar-refractivity contribution in [3.05, 3.63) is 34.4 Å². The molecule has 1 aromatic rings. The highest BCUT2D eigenvalue weighted by atomic mass is 32.1. The number of fused-ring (bicyclic) bond motifs is 1. The Labute approximate surface area is 169 Å². The van der Waals surface area contributed by atoms with Gasteiger partial charge < -0.3 is 15.0 Å². The molecule has 0 spiro atoms. The fourth-order valence-corrected chi connectivity index (χ4v) is 5.56. The molecule has 150 valence electrons. The molecule has 0 saturated carbocycles. The highest BCUT2D eigenvalue weighted by Crippen LogP contribution is 2.35. The largest absolute Gasteiger partial charge is 0.381 e. The van der Waals surface area contributed by atoms with Gasteiger partial charge in [-0.3, -0.25) is 10.2 Å². The van der Waals surface area contributed by atoms with Crippen LogP contribution in [0.5, 0.6) is 0 Å². The summed E-state index contributed by atoms with van der Waals surface area (Å²) in [5.74, 6) is 2.67. The van der Waals surface area contributed by atoms with Crippen LogP contribution in [0.25, 0.3) is 0 Å². The first-order valence-electron chi connectivity index (χ1n) is 10.2. The Morgan fingerprint density at radius 1 is 1.32 bits per heavy atom. The standard InChI is InChI=1S/C20H27N5O2S/c1-13(14-4-7-28-11-14)16-8-21-9-17(16)19-22-18-10-24(12-25(18)20(26)23-19)15-2-5-27-6-3-15/h4,7,10-11,13,15-17,21H,2-3,5-6,8-9,12H2,1H3,(H,22,23,26). The maximum absolute atomic E-state index is 12.8. The second kappa shape index (κ2) is 7.50. The number of hydrogen-bond acceptors (Lipinski definition) is 6. The summed E-state index contributed by atoms with van der Waals surface area (Å²) in [6, 6.07) is 2.58. The number of carbonyl (C=O) groups excluding carboxylic acids is 1. The first-order chi connectivity index (χ1) is 13.7. The van der Waals surface area contributed by atoms with Gasteiger partial charge in [-0.15, -0.1) is 0 Å². The van der Waals surface area contributed by atoms with Crippen molar-refractivity contribution in [1.82, 2.24) is 20.4 Å². The van der Waals surface area contributed by atoms with Gasteiger partial charge in [0.2, 0.25) is 0 Å².